The normalized spacial score (nSPS) is 11.3. The average molecular weight is 390 g/mol. The number of hydrogen-bond donors (Lipinski definition) is 1. The first-order valence-corrected chi connectivity index (χ1v) is 9.53. The van der Waals surface area contributed by atoms with Crippen molar-refractivity contribution in [2.24, 2.45) is 0 Å². The fraction of sp³-hybridized carbons (Fsp3) is 0.188. The summed E-state index contributed by atoms with van der Waals surface area (Å²) in [7, 11) is -3.50. The van der Waals surface area contributed by atoms with E-state index >= 15 is 0 Å². The molecule has 0 saturated carbocycles. The van der Waals surface area contributed by atoms with Crippen LogP contribution in [0.15, 0.2) is 42.5 Å². The number of nitrogens with one attached hydrogen (secondary N) is 1. The number of amides is 1. The molecule has 0 atom stereocenters. The Morgan fingerprint density at radius 3 is 2.50 bits per heavy atom. The fourth-order valence-corrected chi connectivity index (χ4v) is 3.64. The lowest BCUT2D eigenvalue weighted by Crippen LogP contribution is -2.18. The van der Waals surface area contributed by atoms with E-state index in [9.17, 15) is 17.6 Å². The first-order valence-electron chi connectivity index (χ1n) is 6.95. The molecule has 0 spiro atoms. The van der Waals surface area contributed by atoms with Gasteiger partial charge in [0, 0.05) is 12.1 Å². The monoisotopic (exact) mass is 389 g/mol. The van der Waals surface area contributed by atoms with Crippen LogP contribution in [0.5, 0.6) is 0 Å². The van der Waals surface area contributed by atoms with Gasteiger partial charge in [-0.1, -0.05) is 35.3 Å². The maximum Gasteiger partial charge on any atom is 0.225 e. The van der Waals surface area contributed by atoms with E-state index in [4.69, 9.17) is 23.2 Å². The van der Waals surface area contributed by atoms with Gasteiger partial charge in [0.1, 0.15) is 5.82 Å². The zero-order chi connectivity index (χ0) is 17.7. The van der Waals surface area contributed by atoms with Crippen LogP contribution in [0, 0.1) is 5.82 Å². The number of halogens is 3. The molecule has 0 aromatic heterocycles. The number of benzene rings is 2. The second kappa shape index (κ2) is 7.96. The van der Waals surface area contributed by atoms with Crippen molar-refractivity contribution in [1.29, 1.82) is 0 Å². The Hall–Kier alpha value is -1.63. The average Bonchev–Trinajstić information content (AvgIpc) is 2.49. The smallest absolute Gasteiger partial charge is 0.225 e. The summed E-state index contributed by atoms with van der Waals surface area (Å²) in [5.41, 5.74) is 0.775. The molecule has 1 amide bonds. The fourth-order valence-electron chi connectivity index (χ4n) is 1.99. The number of sulfone groups is 1. The van der Waals surface area contributed by atoms with Crippen molar-refractivity contribution in [3.8, 4) is 0 Å². The van der Waals surface area contributed by atoms with E-state index in [1.54, 1.807) is 6.07 Å². The third kappa shape index (κ3) is 5.78. The van der Waals surface area contributed by atoms with E-state index < -0.39 is 21.6 Å². The molecular formula is C16H14Cl2FNO3S. The van der Waals surface area contributed by atoms with Gasteiger partial charge in [0.25, 0.3) is 0 Å². The Morgan fingerprint density at radius 1 is 1.08 bits per heavy atom. The lowest BCUT2D eigenvalue weighted by Gasteiger charge is -2.07. The molecule has 4 nitrogen and oxygen atoms in total. The predicted molar refractivity (Wildman–Crippen MR) is 93.6 cm³/mol. The van der Waals surface area contributed by atoms with Crippen LogP contribution in [0.2, 0.25) is 10.0 Å². The topological polar surface area (TPSA) is 63.2 Å². The molecule has 0 fully saturated rings. The molecule has 0 bridgehead atoms. The van der Waals surface area contributed by atoms with Crippen LogP contribution < -0.4 is 5.32 Å². The molecule has 0 saturated heterocycles. The van der Waals surface area contributed by atoms with Gasteiger partial charge in [-0.25, -0.2) is 12.8 Å². The number of carbonyl (C=O) groups is 1. The van der Waals surface area contributed by atoms with Crippen LogP contribution in [-0.2, 0) is 20.4 Å². The molecule has 24 heavy (non-hydrogen) atoms. The van der Waals surface area contributed by atoms with Gasteiger partial charge in [0.15, 0.2) is 9.84 Å². The Bertz CT molecular complexity index is 856. The summed E-state index contributed by atoms with van der Waals surface area (Å²) < 4.78 is 37.2. The largest absolute Gasteiger partial charge is 0.326 e. The molecule has 128 valence electrons. The summed E-state index contributed by atoms with van der Waals surface area (Å²) in [5.74, 6) is -1.55. The van der Waals surface area contributed by atoms with Crippen LogP contribution in [0.3, 0.4) is 0 Å². The first-order chi connectivity index (χ1) is 11.2. The van der Waals surface area contributed by atoms with Crippen LogP contribution in [0.4, 0.5) is 10.1 Å². The summed E-state index contributed by atoms with van der Waals surface area (Å²) in [5, 5.41) is 3.07. The molecule has 0 heterocycles. The van der Waals surface area contributed by atoms with E-state index in [0.29, 0.717) is 10.6 Å². The summed E-state index contributed by atoms with van der Waals surface area (Å²) in [6.45, 7) is 0. The highest BCUT2D eigenvalue weighted by Crippen LogP contribution is 2.23. The van der Waals surface area contributed by atoms with Gasteiger partial charge in [-0.05, 0) is 35.9 Å². The molecule has 2 aromatic rings. The van der Waals surface area contributed by atoms with Crippen LogP contribution in [0.1, 0.15) is 12.0 Å². The van der Waals surface area contributed by atoms with Crippen molar-refractivity contribution < 1.29 is 17.6 Å². The first kappa shape index (κ1) is 18.7. The minimum Gasteiger partial charge on any atom is -0.326 e. The number of anilines is 1. The van der Waals surface area contributed by atoms with Crippen molar-refractivity contribution in [3.05, 3.63) is 63.9 Å². The lowest BCUT2D eigenvalue weighted by atomic mass is 10.2. The van der Waals surface area contributed by atoms with E-state index in [0.717, 1.165) is 6.07 Å². The minimum atomic E-state index is -3.50. The quantitative estimate of drug-likeness (QED) is 0.809. The SMILES string of the molecule is O=C(CCS(=O)(=O)Cc1ccc(Cl)c(Cl)c1)Nc1cccc(F)c1. The summed E-state index contributed by atoms with van der Waals surface area (Å²) in [6, 6.07) is 9.94. The molecule has 0 aliphatic heterocycles. The summed E-state index contributed by atoms with van der Waals surface area (Å²) >= 11 is 11.6. The van der Waals surface area contributed by atoms with E-state index in [2.05, 4.69) is 5.32 Å². The molecule has 8 heteroatoms. The third-order valence-corrected chi connectivity index (χ3v) is 5.46. The Balaban J connectivity index is 1.92. The summed E-state index contributed by atoms with van der Waals surface area (Å²) in [6.07, 6.45) is -0.222. The summed E-state index contributed by atoms with van der Waals surface area (Å²) in [4.78, 5) is 11.8. The minimum absolute atomic E-state index is 0.222. The Morgan fingerprint density at radius 2 is 1.83 bits per heavy atom. The number of hydrogen-bond acceptors (Lipinski definition) is 3. The molecule has 1 N–H and O–H groups in total. The second-order valence-electron chi connectivity index (χ2n) is 5.15. The van der Waals surface area contributed by atoms with E-state index in [-0.39, 0.29) is 28.6 Å². The van der Waals surface area contributed by atoms with Crippen molar-refractivity contribution >= 4 is 44.6 Å². The lowest BCUT2D eigenvalue weighted by molar-refractivity contribution is -0.115. The van der Waals surface area contributed by atoms with Crippen LogP contribution >= 0.6 is 23.2 Å². The Labute approximate surface area is 149 Å². The maximum absolute atomic E-state index is 13.0. The molecule has 2 rings (SSSR count). The highest BCUT2D eigenvalue weighted by Gasteiger charge is 2.15. The highest BCUT2D eigenvalue weighted by molar-refractivity contribution is 7.90. The number of carbonyl (C=O) groups excluding carboxylic acids is 1. The third-order valence-electron chi connectivity index (χ3n) is 3.12. The molecule has 2 aromatic carbocycles. The molecule has 0 unspecified atom stereocenters. The van der Waals surface area contributed by atoms with Crippen molar-refractivity contribution in [3.63, 3.8) is 0 Å². The zero-order valence-corrected chi connectivity index (χ0v) is 14.8. The number of rotatable bonds is 6. The highest BCUT2D eigenvalue weighted by atomic mass is 35.5. The van der Waals surface area contributed by atoms with E-state index in [1.807, 2.05) is 0 Å². The molecular weight excluding hydrogens is 376 g/mol. The van der Waals surface area contributed by atoms with Crippen molar-refractivity contribution in [2.75, 3.05) is 11.1 Å². The van der Waals surface area contributed by atoms with Crippen LogP contribution in [-0.4, -0.2) is 20.1 Å². The van der Waals surface area contributed by atoms with Crippen LogP contribution in [0.25, 0.3) is 0 Å². The van der Waals surface area contributed by atoms with Gasteiger partial charge in [-0.3, -0.25) is 4.79 Å². The van der Waals surface area contributed by atoms with Crippen molar-refractivity contribution in [2.45, 2.75) is 12.2 Å². The van der Waals surface area contributed by atoms with Gasteiger partial charge in [0.05, 0.1) is 21.6 Å². The van der Waals surface area contributed by atoms with Crippen molar-refractivity contribution in [1.82, 2.24) is 0 Å². The standard InChI is InChI=1S/C16H14Cl2FNO3S/c17-14-5-4-11(8-15(14)18)10-24(22,23)7-6-16(21)20-13-3-1-2-12(19)9-13/h1-5,8-9H,6-7,10H2,(H,20,21). The molecule has 0 aliphatic rings. The van der Waals surface area contributed by atoms with E-state index in [1.165, 1.54) is 30.3 Å². The van der Waals surface area contributed by atoms with Gasteiger partial charge < -0.3 is 5.32 Å². The molecule has 0 aliphatic carbocycles. The zero-order valence-electron chi connectivity index (χ0n) is 12.4. The van der Waals surface area contributed by atoms with Gasteiger partial charge >= 0.3 is 0 Å². The van der Waals surface area contributed by atoms with Gasteiger partial charge in [-0.2, -0.15) is 0 Å². The second-order valence-corrected chi connectivity index (χ2v) is 8.15. The van der Waals surface area contributed by atoms with Gasteiger partial charge in [0.2, 0.25) is 5.91 Å². The predicted octanol–water partition coefficient (Wildman–Crippen LogP) is 4.08. The maximum atomic E-state index is 13.0. The van der Waals surface area contributed by atoms with Gasteiger partial charge in [-0.15, -0.1) is 0 Å². The molecule has 0 radical (unpaired) electrons. The Kier molecular flexibility index (Phi) is 6.21.